The van der Waals surface area contributed by atoms with E-state index in [0.29, 0.717) is 0 Å². The van der Waals surface area contributed by atoms with E-state index in [0.717, 1.165) is 17.8 Å². The molecule has 0 bridgehead atoms. The monoisotopic (exact) mass is 152 g/mol. The molecule has 0 N–H and O–H groups in total. The second-order valence-electron chi connectivity index (χ2n) is 5.09. The molecular formula is C11H20. The van der Waals surface area contributed by atoms with Crippen LogP contribution in [0.1, 0.15) is 40.0 Å². The van der Waals surface area contributed by atoms with E-state index in [4.69, 9.17) is 0 Å². The quantitative estimate of drug-likeness (QED) is 0.569. The molecule has 0 aromatic heterocycles. The molecule has 0 aliphatic heterocycles. The van der Waals surface area contributed by atoms with Crippen LogP contribution in [0.15, 0.2) is 0 Å². The maximum Gasteiger partial charge on any atom is -0.0380 e. The highest BCUT2D eigenvalue weighted by Crippen LogP contribution is 2.56. The smallest absolute Gasteiger partial charge is 0.0380 e. The van der Waals surface area contributed by atoms with Gasteiger partial charge in [-0.15, -0.1) is 0 Å². The van der Waals surface area contributed by atoms with E-state index >= 15 is 0 Å². The first-order valence-corrected chi connectivity index (χ1v) is 5.18. The molecule has 0 aromatic carbocycles. The topological polar surface area (TPSA) is 0 Å². The Morgan fingerprint density at radius 2 is 1.45 bits per heavy atom. The first kappa shape index (κ1) is 7.64. The minimum atomic E-state index is 0.900. The van der Waals surface area contributed by atoms with Crippen LogP contribution in [0.4, 0.5) is 0 Å². The molecule has 0 aromatic rings. The lowest BCUT2D eigenvalue weighted by atomic mass is 9.82. The van der Waals surface area contributed by atoms with E-state index in [1.807, 2.05) is 0 Å². The van der Waals surface area contributed by atoms with Crippen LogP contribution >= 0.6 is 0 Å². The Bertz CT molecular complexity index is 138. The van der Waals surface area contributed by atoms with Crippen LogP contribution in [0.2, 0.25) is 0 Å². The summed E-state index contributed by atoms with van der Waals surface area (Å²) < 4.78 is 0. The Hall–Kier alpha value is 0. The number of hydrogen-bond acceptors (Lipinski definition) is 0. The second kappa shape index (κ2) is 2.50. The van der Waals surface area contributed by atoms with Crippen molar-refractivity contribution in [3.8, 4) is 0 Å². The van der Waals surface area contributed by atoms with Crippen molar-refractivity contribution < 1.29 is 0 Å². The van der Waals surface area contributed by atoms with Crippen LogP contribution in [0.25, 0.3) is 0 Å². The van der Waals surface area contributed by atoms with Gasteiger partial charge in [-0.2, -0.15) is 0 Å². The van der Waals surface area contributed by atoms with Gasteiger partial charge in [0.1, 0.15) is 0 Å². The summed E-state index contributed by atoms with van der Waals surface area (Å²) in [5, 5.41) is 0. The van der Waals surface area contributed by atoms with Gasteiger partial charge in [0, 0.05) is 0 Å². The molecule has 11 heavy (non-hydrogen) atoms. The van der Waals surface area contributed by atoms with Gasteiger partial charge in [-0.1, -0.05) is 20.8 Å². The molecular weight excluding hydrogens is 132 g/mol. The summed E-state index contributed by atoms with van der Waals surface area (Å²) in [6.45, 7) is 7.18. The summed E-state index contributed by atoms with van der Waals surface area (Å²) >= 11 is 0. The Labute approximate surface area is 70.4 Å². The Morgan fingerprint density at radius 1 is 0.909 bits per heavy atom. The average Bonchev–Trinajstić information content (AvgIpc) is 2.57. The molecule has 0 spiro atoms. The van der Waals surface area contributed by atoms with Crippen LogP contribution in [0.5, 0.6) is 0 Å². The zero-order chi connectivity index (χ0) is 8.01. The van der Waals surface area contributed by atoms with Crippen molar-refractivity contribution in [1.82, 2.24) is 0 Å². The lowest BCUT2D eigenvalue weighted by molar-refractivity contribution is 0.263. The van der Waals surface area contributed by atoms with Gasteiger partial charge >= 0.3 is 0 Å². The summed E-state index contributed by atoms with van der Waals surface area (Å²) in [5.41, 5.74) is 0. The molecule has 0 saturated heterocycles. The molecule has 0 heteroatoms. The lowest BCUT2D eigenvalue weighted by Crippen LogP contribution is -2.15. The maximum atomic E-state index is 2.44. The van der Waals surface area contributed by atoms with Crippen LogP contribution in [0.3, 0.4) is 0 Å². The molecule has 3 atom stereocenters. The first-order valence-electron chi connectivity index (χ1n) is 5.18. The molecule has 0 amide bonds. The van der Waals surface area contributed by atoms with E-state index in [-0.39, 0.29) is 0 Å². The van der Waals surface area contributed by atoms with Crippen LogP contribution in [-0.2, 0) is 0 Å². The normalized spacial score (nSPS) is 44.2. The van der Waals surface area contributed by atoms with Gasteiger partial charge in [-0.25, -0.2) is 0 Å². The minimum absolute atomic E-state index is 0.900. The van der Waals surface area contributed by atoms with E-state index in [1.54, 1.807) is 19.3 Å². The van der Waals surface area contributed by atoms with Crippen molar-refractivity contribution in [2.24, 2.45) is 29.6 Å². The van der Waals surface area contributed by atoms with Gasteiger partial charge in [-0.05, 0) is 48.9 Å². The average molecular weight is 152 g/mol. The fourth-order valence-corrected chi connectivity index (χ4v) is 2.74. The van der Waals surface area contributed by atoms with Crippen molar-refractivity contribution >= 4 is 0 Å². The van der Waals surface area contributed by atoms with E-state index in [9.17, 15) is 0 Å². The van der Waals surface area contributed by atoms with Gasteiger partial charge in [0.25, 0.3) is 0 Å². The van der Waals surface area contributed by atoms with Crippen LogP contribution < -0.4 is 0 Å². The lowest BCUT2D eigenvalue weighted by Gasteiger charge is -2.23. The summed E-state index contributed by atoms with van der Waals surface area (Å²) in [4.78, 5) is 0. The minimum Gasteiger partial charge on any atom is -0.0625 e. The molecule has 2 aliphatic carbocycles. The molecule has 0 radical (unpaired) electrons. The van der Waals surface area contributed by atoms with Crippen molar-refractivity contribution in [2.75, 3.05) is 0 Å². The van der Waals surface area contributed by atoms with Gasteiger partial charge in [0.05, 0.1) is 0 Å². The third kappa shape index (κ3) is 1.32. The summed E-state index contributed by atoms with van der Waals surface area (Å²) in [5.74, 6) is 5.29. The fraction of sp³-hybridized carbons (Fsp3) is 1.00. The molecule has 3 unspecified atom stereocenters. The Morgan fingerprint density at radius 3 is 1.91 bits per heavy atom. The third-order valence-electron chi connectivity index (χ3n) is 4.08. The molecule has 2 saturated carbocycles. The zero-order valence-corrected chi connectivity index (χ0v) is 8.01. The van der Waals surface area contributed by atoms with Crippen molar-refractivity contribution in [3.63, 3.8) is 0 Å². The van der Waals surface area contributed by atoms with Crippen LogP contribution in [-0.4, -0.2) is 0 Å². The second-order valence-corrected chi connectivity index (χ2v) is 5.09. The predicted molar refractivity (Wildman–Crippen MR) is 48.3 cm³/mol. The molecule has 64 valence electrons. The first-order chi connectivity index (χ1) is 5.18. The van der Waals surface area contributed by atoms with Gasteiger partial charge in [0.15, 0.2) is 0 Å². The molecule has 2 aliphatic rings. The predicted octanol–water partition coefficient (Wildman–Crippen LogP) is 3.32. The van der Waals surface area contributed by atoms with Gasteiger partial charge < -0.3 is 0 Å². The molecule has 0 nitrogen and oxygen atoms in total. The molecule has 0 heterocycles. The van der Waals surface area contributed by atoms with Crippen molar-refractivity contribution in [1.29, 1.82) is 0 Å². The zero-order valence-electron chi connectivity index (χ0n) is 8.01. The van der Waals surface area contributed by atoms with Crippen LogP contribution in [0, 0.1) is 29.6 Å². The fourth-order valence-electron chi connectivity index (χ4n) is 2.74. The summed E-state index contributed by atoms with van der Waals surface area (Å²) in [6.07, 6.45) is 4.69. The van der Waals surface area contributed by atoms with Crippen molar-refractivity contribution in [3.05, 3.63) is 0 Å². The highest BCUT2D eigenvalue weighted by atomic mass is 14.5. The third-order valence-corrected chi connectivity index (χ3v) is 4.08. The standard InChI is InChI=1S/C11H20/c1-7(2)8(3)9-4-10-6-11(10)5-9/h7-11H,4-6H2,1-3H3. The van der Waals surface area contributed by atoms with E-state index in [2.05, 4.69) is 20.8 Å². The van der Waals surface area contributed by atoms with Gasteiger partial charge in [-0.3, -0.25) is 0 Å². The Kier molecular flexibility index (Phi) is 1.74. The summed E-state index contributed by atoms with van der Waals surface area (Å²) in [7, 11) is 0. The molecule has 2 fully saturated rings. The number of hydrogen-bond donors (Lipinski definition) is 0. The highest BCUT2D eigenvalue weighted by Gasteiger charge is 2.47. The highest BCUT2D eigenvalue weighted by molar-refractivity contribution is 4.97. The number of fused-ring (bicyclic) bond motifs is 1. The largest absolute Gasteiger partial charge is 0.0625 e. The van der Waals surface area contributed by atoms with E-state index < -0.39 is 0 Å². The maximum absolute atomic E-state index is 2.44. The number of rotatable bonds is 2. The Balaban J connectivity index is 1.86. The molecule has 2 rings (SSSR count). The summed E-state index contributed by atoms with van der Waals surface area (Å²) in [6, 6.07) is 0. The van der Waals surface area contributed by atoms with Gasteiger partial charge in [0.2, 0.25) is 0 Å². The van der Waals surface area contributed by atoms with E-state index in [1.165, 1.54) is 11.8 Å². The SMILES string of the molecule is CC(C)C(C)C1CC2CC2C1. The van der Waals surface area contributed by atoms with Crippen molar-refractivity contribution in [2.45, 2.75) is 40.0 Å².